The Bertz CT molecular complexity index is 1050. The van der Waals surface area contributed by atoms with Gasteiger partial charge in [-0.05, 0) is 51.4 Å². The SMILES string of the molecule is CCCCCCCCCCCCCCC(=O)OCCCCCCCCCCCCCC/C=C\CCCCCCCCCCCCCCCCC(=O)NC(CO)C(O)CCCCCCCCCCCCC. The predicted octanol–water partition coefficient (Wildman–Crippen LogP) is 20.0. The number of hydrogen-bond donors (Lipinski definition) is 3. The van der Waals surface area contributed by atoms with E-state index < -0.39 is 12.1 Å². The van der Waals surface area contributed by atoms with Crippen molar-refractivity contribution in [1.82, 2.24) is 5.32 Å². The fourth-order valence-corrected chi connectivity index (χ4v) is 10.2. The first-order valence-corrected chi connectivity index (χ1v) is 31.9. The zero-order valence-electron chi connectivity index (χ0n) is 47.5. The molecule has 0 rings (SSSR count). The molecule has 0 heterocycles. The predicted molar refractivity (Wildman–Crippen MR) is 306 cm³/mol. The van der Waals surface area contributed by atoms with Gasteiger partial charge in [0, 0.05) is 12.8 Å². The summed E-state index contributed by atoms with van der Waals surface area (Å²) in [4.78, 5) is 24.5. The standard InChI is InChI=1S/C64H125NO5/c1-3-5-7-9-11-13-15-38-42-46-50-54-58-64(69)70-59-55-51-47-43-39-35-33-31-29-27-25-23-21-19-17-16-18-20-22-24-26-28-30-32-34-37-41-45-49-53-57-63(68)65-61(60-66)62(67)56-52-48-44-40-36-14-12-10-8-6-4-2/h17,19,61-62,66-67H,3-16,18,20-60H2,1-2H3,(H,65,68)/b19-17-. The highest BCUT2D eigenvalue weighted by atomic mass is 16.5. The van der Waals surface area contributed by atoms with Gasteiger partial charge < -0.3 is 20.3 Å². The number of allylic oxidation sites excluding steroid dienone is 2. The maximum absolute atomic E-state index is 12.4. The fraction of sp³-hybridized carbons (Fsp3) is 0.938. The van der Waals surface area contributed by atoms with Gasteiger partial charge in [0.1, 0.15) is 0 Å². The van der Waals surface area contributed by atoms with Crippen molar-refractivity contribution in [1.29, 1.82) is 0 Å². The lowest BCUT2D eigenvalue weighted by atomic mass is 10.0. The zero-order chi connectivity index (χ0) is 50.7. The van der Waals surface area contributed by atoms with E-state index in [2.05, 4.69) is 31.3 Å². The Morgan fingerprint density at radius 3 is 1.01 bits per heavy atom. The molecule has 0 aromatic carbocycles. The molecule has 0 saturated carbocycles. The highest BCUT2D eigenvalue weighted by molar-refractivity contribution is 5.76. The molecule has 70 heavy (non-hydrogen) atoms. The molecular weight excluding hydrogens is 863 g/mol. The average molecular weight is 989 g/mol. The van der Waals surface area contributed by atoms with Crippen LogP contribution in [-0.4, -0.2) is 47.4 Å². The highest BCUT2D eigenvalue weighted by Gasteiger charge is 2.20. The van der Waals surface area contributed by atoms with Crippen LogP contribution in [0.5, 0.6) is 0 Å². The first kappa shape index (κ1) is 68.6. The first-order valence-electron chi connectivity index (χ1n) is 31.9. The van der Waals surface area contributed by atoms with Gasteiger partial charge in [-0.2, -0.15) is 0 Å². The molecule has 0 bridgehead atoms. The maximum atomic E-state index is 12.4. The molecule has 6 nitrogen and oxygen atoms in total. The number of aliphatic hydroxyl groups is 2. The van der Waals surface area contributed by atoms with Crippen molar-refractivity contribution >= 4 is 11.9 Å². The topological polar surface area (TPSA) is 95.9 Å². The molecule has 2 atom stereocenters. The molecule has 0 aromatic heterocycles. The van der Waals surface area contributed by atoms with Crippen molar-refractivity contribution in [2.24, 2.45) is 0 Å². The monoisotopic (exact) mass is 988 g/mol. The molecule has 0 fully saturated rings. The van der Waals surface area contributed by atoms with Crippen molar-refractivity contribution in [2.75, 3.05) is 13.2 Å². The molecule has 3 N–H and O–H groups in total. The number of aliphatic hydroxyl groups excluding tert-OH is 2. The minimum absolute atomic E-state index is 0.0183. The molecule has 0 saturated heterocycles. The van der Waals surface area contributed by atoms with Gasteiger partial charge in [0.25, 0.3) is 0 Å². The second-order valence-electron chi connectivity index (χ2n) is 22.1. The first-order chi connectivity index (χ1) is 34.5. The number of esters is 1. The Morgan fingerprint density at radius 2 is 0.671 bits per heavy atom. The van der Waals surface area contributed by atoms with Crippen LogP contribution >= 0.6 is 0 Å². The van der Waals surface area contributed by atoms with E-state index in [9.17, 15) is 19.8 Å². The van der Waals surface area contributed by atoms with Gasteiger partial charge in [0.05, 0.1) is 25.4 Å². The molecule has 0 aliphatic carbocycles. The Kier molecular flexibility index (Phi) is 59.0. The van der Waals surface area contributed by atoms with Crippen LogP contribution in [0.3, 0.4) is 0 Å². The van der Waals surface area contributed by atoms with Gasteiger partial charge in [-0.3, -0.25) is 9.59 Å². The smallest absolute Gasteiger partial charge is 0.305 e. The van der Waals surface area contributed by atoms with E-state index >= 15 is 0 Å². The Hall–Kier alpha value is -1.40. The van der Waals surface area contributed by atoms with Crippen LogP contribution < -0.4 is 5.32 Å². The van der Waals surface area contributed by atoms with Crippen LogP contribution in [-0.2, 0) is 14.3 Å². The van der Waals surface area contributed by atoms with E-state index in [1.54, 1.807) is 0 Å². The van der Waals surface area contributed by atoms with Gasteiger partial charge in [0.2, 0.25) is 5.91 Å². The molecular formula is C64H125NO5. The fourth-order valence-electron chi connectivity index (χ4n) is 10.2. The van der Waals surface area contributed by atoms with Gasteiger partial charge in [-0.15, -0.1) is 0 Å². The molecule has 416 valence electrons. The van der Waals surface area contributed by atoms with E-state index in [4.69, 9.17) is 4.74 Å². The van der Waals surface area contributed by atoms with E-state index in [1.807, 2.05) is 0 Å². The quantitative estimate of drug-likeness (QED) is 0.0321. The lowest BCUT2D eigenvalue weighted by molar-refractivity contribution is -0.143. The van der Waals surface area contributed by atoms with Crippen LogP contribution in [0.15, 0.2) is 12.2 Å². The Labute approximate surface area is 438 Å². The number of nitrogens with one attached hydrogen (secondary N) is 1. The van der Waals surface area contributed by atoms with Crippen LogP contribution in [0.25, 0.3) is 0 Å². The van der Waals surface area contributed by atoms with Gasteiger partial charge in [-0.1, -0.05) is 309 Å². The second-order valence-corrected chi connectivity index (χ2v) is 22.1. The molecule has 6 heteroatoms. The molecule has 0 aliphatic heterocycles. The summed E-state index contributed by atoms with van der Waals surface area (Å²) in [6.07, 6.45) is 72.4. The third-order valence-electron chi connectivity index (χ3n) is 15.1. The summed E-state index contributed by atoms with van der Waals surface area (Å²) in [6, 6.07) is -0.538. The number of rotatable bonds is 60. The Balaban J connectivity index is 3.34. The second kappa shape index (κ2) is 60.2. The van der Waals surface area contributed by atoms with Crippen molar-refractivity contribution in [3.8, 4) is 0 Å². The average Bonchev–Trinajstić information content (AvgIpc) is 3.36. The number of hydrogen-bond acceptors (Lipinski definition) is 5. The zero-order valence-corrected chi connectivity index (χ0v) is 47.5. The van der Waals surface area contributed by atoms with E-state index in [0.717, 1.165) is 38.5 Å². The van der Waals surface area contributed by atoms with Gasteiger partial charge in [0.15, 0.2) is 0 Å². The minimum Gasteiger partial charge on any atom is -0.466 e. The summed E-state index contributed by atoms with van der Waals surface area (Å²) in [5, 5.41) is 23.2. The van der Waals surface area contributed by atoms with Crippen molar-refractivity contribution in [3.05, 3.63) is 12.2 Å². The summed E-state index contributed by atoms with van der Waals surface area (Å²) in [7, 11) is 0. The minimum atomic E-state index is -0.661. The summed E-state index contributed by atoms with van der Waals surface area (Å²) < 4.78 is 5.48. The van der Waals surface area contributed by atoms with E-state index in [0.29, 0.717) is 25.9 Å². The number of carbonyl (C=O) groups excluding carboxylic acids is 2. The summed E-state index contributed by atoms with van der Waals surface area (Å²) in [5.74, 6) is -0.0145. The lowest BCUT2D eigenvalue weighted by Crippen LogP contribution is -2.45. The maximum Gasteiger partial charge on any atom is 0.305 e. The largest absolute Gasteiger partial charge is 0.466 e. The van der Waals surface area contributed by atoms with Gasteiger partial charge in [-0.25, -0.2) is 0 Å². The Morgan fingerprint density at radius 1 is 0.386 bits per heavy atom. The van der Waals surface area contributed by atoms with Crippen LogP contribution in [0, 0.1) is 0 Å². The summed E-state index contributed by atoms with van der Waals surface area (Å²) in [6.45, 7) is 4.97. The number of ether oxygens (including phenoxy) is 1. The molecule has 0 aliphatic rings. The molecule has 1 amide bonds. The van der Waals surface area contributed by atoms with Crippen LogP contribution in [0.4, 0.5) is 0 Å². The van der Waals surface area contributed by atoms with Crippen molar-refractivity contribution in [2.45, 2.75) is 373 Å². The lowest BCUT2D eigenvalue weighted by Gasteiger charge is -2.22. The summed E-state index contributed by atoms with van der Waals surface area (Å²) >= 11 is 0. The van der Waals surface area contributed by atoms with E-state index in [1.165, 1.54) is 289 Å². The number of carbonyl (C=O) groups is 2. The van der Waals surface area contributed by atoms with E-state index in [-0.39, 0.29) is 18.5 Å². The molecule has 0 radical (unpaired) electrons. The van der Waals surface area contributed by atoms with Crippen molar-refractivity contribution in [3.63, 3.8) is 0 Å². The highest BCUT2D eigenvalue weighted by Crippen LogP contribution is 2.18. The molecule has 0 aromatic rings. The van der Waals surface area contributed by atoms with Crippen LogP contribution in [0.1, 0.15) is 361 Å². The van der Waals surface area contributed by atoms with Crippen LogP contribution in [0.2, 0.25) is 0 Å². The number of amides is 1. The normalized spacial score (nSPS) is 12.6. The molecule has 0 spiro atoms. The number of unbranched alkanes of at least 4 members (excludes halogenated alkanes) is 47. The third-order valence-corrected chi connectivity index (χ3v) is 15.1. The van der Waals surface area contributed by atoms with Gasteiger partial charge >= 0.3 is 5.97 Å². The van der Waals surface area contributed by atoms with Crippen molar-refractivity contribution < 1.29 is 24.5 Å². The summed E-state index contributed by atoms with van der Waals surface area (Å²) in [5.41, 5.74) is 0. The molecule has 2 unspecified atom stereocenters. The third kappa shape index (κ3) is 55.9.